The highest BCUT2D eigenvalue weighted by molar-refractivity contribution is 7.88. The van der Waals surface area contributed by atoms with E-state index in [9.17, 15) is 13.5 Å². The van der Waals surface area contributed by atoms with Crippen LogP contribution in [0.4, 0.5) is 0 Å². The summed E-state index contributed by atoms with van der Waals surface area (Å²) >= 11 is 18.4. The number of sulfonamides is 1. The number of alkyl halides is 1. The van der Waals surface area contributed by atoms with Crippen LogP contribution in [0, 0.1) is 5.92 Å². The van der Waals surface area contributed by atoms with Gasteiger partial charge in [-0.15, -0.1) is 11.6 Å². The van der Waals surface area contributed by atoms with Crippen LogP contribution in [0.15, 0.2) is 36.4 Å². The van der Waals surface area contributed by atoms with Gasteiger partial charge in [0.15, 0.2) is 5.75 Å². The molecule has 2 atom stereocenters. The number of rotatable bonds is 12. The van der Waals surface area contributed by atoms with E-state index >= 15 is 0 Å². The van der Waals surface area contributed by atoms with Gasteiger partial charge in [-0.3, -0.25) is 0 Å². The van der Waals surface area contributed by atoms with Crippen LogP contribution in [0.1, 0.15) is 31.9 Å². The lowest BCUT2D eigenvalue weighted by molar-refractivity contribution is 0.125. The standard InChI is InChI=1S/C23H30Cl3NO5S/c1-15(12-27-33(4,29)30)13-31-19-7-5-16(6-8-19)23(2,3)17-9-20(25)22(21(26)10-17)32-14-18(28)11-24/h5-10,15,18,27-28H,11-14H2,1-4H3. The van der Waals surface area contributed by atoms with Gasteiger partial charge in [0.05, 0.1) is 28.8 Å². The molecule has 0 saturated heterocycles. The summed E-state index contributed by atoms with van der Waals surface area (Å²) in [7, 11) is -3.22. The Morgan fingerprint density at radius 2 is 1.61 bits per heavy atom. The van der Waals surface area contributed by atoms with Gasteiger partial charge < -0.3 is 14.6 Å². The molecule has 2 unspecified atom stereocenters. The Hall–Kier alpha value is -1.22. The molecule has 0 aliphatic heterocycles. The molecule has 0 aliphatic carbocycles. The molecule has 0 radical (unpaired) electrons. The predicted octanol–water partition coefficient (Wildman–Crippen LogP) is 4.86. The minimum Gasteiger partial charge on any atom is -0.493 e. The largest absolute Gasteiger partial charge is 0.493 e. The van der Waals surface area contributed by atoms with Crippen LogP contribution >= 0.6 is 34.8 Å². The Labute approximate surface area is 211 Å². The Bertz CT molecular complexity index is 1010. The van der Waals surface area contributed by atoms with Crippen molar-refractivity contribution in [3.05, 3.63) is 57.6 Å². The normalized spacial score (nSPS) is 14.1. The van der Waals surface area contributed by atoms with Crippen molar-refractivity contribution in [2.45, 2.75) is 32.3 Å². The van der Waals surface area contributed by atoms with Gasteiger partial charge in [-0.25, -0.2) is 13.1 Å². The van der Waals surface area contributed by atoms with E-state index in [4.69, 9.17) is 44.3 Å². The summed E-state index contributed by atoms with van der Waals surface area (Å²) in [6.45, 7) is 6.72. The first kappa shape index (κ1) is 28.0. The lowest BCUT2D eigenvalue weighted by Crippen LogP contribution is -2.29. The second-order valence-electron chi connectivity index (χ2n) is 8.57. The third-order valence-electron chi connectivity index (χ3n) is 5.12. The van der Waals surface area contributed by atoms with Crippen LogP contribution < -0.4 is 14.2 Å². The number of benzene rings is 2. The van der Waals surface area contributed by atoms with Crippen molar-refractivity contribution in [2.24, 2.45) is 5.92 Å². The van der Waals surface area contributed by atoms with Gasteiger partial charge >= 0.3 is 0 Å². The van der Waals surface area contributed by atoms with Gasteiger partial charge in [-0.2, -0.15) is 0 Å². The van der Waals surface area contributed by atoms with Crippen molar-refractivity contribution in [1.82, 2.24) is 4.72 Å². The number of halogens is 3. The average Bonchev–Trinajstić information content (AvgIpc) is 2.75. The molecule has 6 nitrogen and oxygen atoms in total. The molecule has 0 fully saturated rings. The summed E-state index contributed by atoms with van der Waals surface area (Å²) in [6, 6.07) is 11.3. The lowest BCUT2D eigenvalue weighted by Gasteiger charge is -2.27. The molecular formula is C23H30Cl3NO5S. The summed E-state index contributed by atoms with van der Waals surface area (Å²) in [5, 5.41) is 10.3. The van der Waals surface area contributed by atoms with E-state index in [0.29, 0.717) is 34.7 Å². The van der Waals surface area contributed by atoms with Crippen molar-refractivity contribution in [1.29, 1.82) is 0 Å². The SMILES string of the molecule is CC(CNS(C)(=O)=O)COc1ccc(C(C)(C)c2cc(Cl)c(OCC(O)CCl)c(Cl)c2)cc1. The first-order chi connectivity index (χ1) is 15.3. The quantitative estimate of drug-likeness (QED) is 0.377. The van der Waals surface area contributed by atoms with Crippen LogP contribution in [0.5, 0.6) is 11.5 Å². The van der Waals surface area contributed by atoms with Gasteiger partial charge in [0, 0.05) is 17.9 Å². The van der Waals surface area contributed by atoms with Gasteiger partial charge in [-0.1, -0.05) is 56.1 Å². The number of nitrogens with one attached hydrogen (secondary N) is 1. The third kappa shape index (κ3) is 8.50. The zero-order chi connectivity index (χ0) is 24.8. The zero-order valence-corrected chi connectivity index (χ0v) is 22.2. The lowest BCUT2D eigenvalue weighted by atomic mass is 9.78. The number of aliphatic hydroxyl groups is 1. The molecule has 0 spiro atoms. The molecule has 33 heavy (non-hydrogen) atoms. The van der Waals surface area contributed by atoms with E-state index in [1.54, 1.807) is 12.1 Å². The zero-order valence-electron chi connectivity index (χ0n) is 19.1. The van der Waals surface area contributed by atoms with Gasteiger partial charge in [0.1, 0.15) is 18.5 Å². The number of hydrogen-bond donors (Lipinski definition) is 2. The van der Waals surface area contributed by atoms with E-state index < -0.39 is 21.5 Å². The summed E-state index contributed by atoms with van der Waals surface area (Å²) in [5.41, 5.74) is 1.52. The fourth-order valence-corrected chi connectivity index (χ4v) is 4.28. The third-order valence-corrected chi connectivity index (χ3v) is 6.73. The van der Waals surface area contributed by atoms with Crippen LogP contribution in [0.25, 0.3) is 0 Å². The summed E-state index contributed by atoms with van der Waals surface area (Å²) in [5.74, 6) is 1.08. The fourth-order valence-electron chi connectivity index (χ4n) is 3.01. The van der Waals surface area contributed by atoms with Crippen molar-refractivity contribution in [3.63, 3.8) is 0 Å². The number of aliphatic hydroxyl groups excluding tert-OH is 1. The predicted molar refractivity (Wildman–Crippen MR) is 135 cm³/mol. The molecule has 0 amide bonds. The van der Waals surface area contributed by atoms with E-state index in [0.717, 1.165) is 17.4 Å². The maximum atomic E-state index is 11.2. The molecular weight excluding hydrogens is 509 g/mol. The van der Waals surface area contributed by atoms with Crippen molar-refractivity contribution >= 4 is 44.8 Å². The second kappa shape index (κ2) is 12.0. The molecule has 2 N–H and O–H groups in total. The molecule has 0 aliphatic rings. The molecule has 2 rings (SSSR count). The van der Waals surface area contributed by atoms with Crippen molar-refractivity contribution in [3.8, 4) is 11.5 Å². The molecule has 0 saturated carbocycles. The summed E-state index contributed by atoms with van der Waals surface area (Å²) < 4.78 is 36.2. The second-order valence-corrected chi connectivity index (χ2v) is 11.5. The van der Waals surface area contributed by atoms with Gasteiger partial charge in [0.2, 0.25) is 10.0 Å². The molecule has 2 aromatic rings. The van der Waals surface area contributed by atoms with Crippen LogP contribution in [0.2, 0.25) is 10.0 Å². The number of ether oxygens (including phenoxy) is 2. The van der Waals surface area contributed by atoms with E-state index in [1.165, 1.54) is 0 Å². The highest BCUT2D eigenvalue weighted by atomic mass is 35.5. The van der Waals surface area contributed by atoms with E-state index in [1.807, 2.05) is 31.2 Å². The summed E-state index contributed by atoms with van der Waals surface area (Å²) in [4.78, 5) is 0. The minimum absolute atomic E-state index is 0.00389. The Balaban J connectivity index is 2.09. The van der Waals surface area contributed by atoms with Crippen LogP contribution in [-0.2, 0) is 15.4 Å². The summed E-state index contributed by atoms with van der Waals surface area (Å²) in [6.07, 6.45) is 0.322. The van der Waals surface area contributed by atoms with E-state index in [-0.39, 0.29) is 18.4 Å². The van der Waals surface area contributed by atoms with Crippen molar-refractivity contribution < 1.29 is 23.0 Å². The molecule has 0 bridgehead atoms. The Morgan fingerprint density at radius 3 is 2.12 bits per heavy atom. The monoisotopic (exact) mass is 537 g/mol. The van der Waals surface area contributed by atoms with Gasteiger partial charge in [0.25, 0.3) is 0 Å². The van der Waals surface area contributed by atoms with Crippen molar-refractivity contribution in [2.75, 3.05) is 31.9 Å². The molecule has 10 heteroatoms. The fraction of sp³-hybridized carbons (Fsp3) is 0.478. The highest BCUT2D eigenvalue weighted by Crippen LogP contribution is 2.40. The molecule has 184 valence electrons. The topological polar surface area (TPSA) is 84.9 Å². The average molecular weight is 539 g/mol. The van der Waals surface area contributed by atoms with E-state index in [2.05, 4.69) is 18.6 Å². The Morgan fingerprint density at radius 1 is 1.03 bits per heavy atom. The maximum Gasteiger partial charge on any atom is 0.208 e. The number of hydrogen-bond acceptors (Lipinski definition) is 5. The van der Waals surface area contributed by atoms with Crippen LogP contribution in [-0.4, -0.2) is 51.5 Å². The molecule has 2 aromatic carbocycles. The molecule has 0 aromatic heterocycles. The first-order valence-electron chi connectivity index (χ1n) is 10.4. The Kier molecular flexibility index (Phi) is 10.2. The maximum absolute atomic E-state index is 11.2. The van der Waals surface area contributed by atoms with Gasteiger partial charge in [-0.05, 0) is 35.4 Å². The van der Waals surface area contributed by atoms with Crippen LogP contribution in [0.3, 0.4) is 0 Å². The smallest absolute Gasteiger partial charge is 0.208 e. The first-order valence-corrected chi connectivity index (χ1v) is 13.6. The minimum atomic E-state index is -3.22. The molecule has 0 heterocycles. The highest BCUT2D eigenvalue weighted by Gasteiger charge is 2.26.